The van der Waals surface area contributed by atoms with E-state index in [0.717, 1.165) is 5.56 Å². The summed E-state index contributed by atoms with van der Waals surface area (Å²) in [6.07, 6.45) is 1.52. The van der Waals surface area contributed by atoms with Crippen LogP contribution in [0.3, 0.4) is 0 Å². The van der Waals surface area contributed by atoms with E-state index in [2.05, 4.69) is 10.1 Å². The van der Waals surface area contributed by atoms with Gasteiger partial charge in [-0.1, -0.05) is 11.6 Å². The summed E-state index contributed by atoms with van der Waals surface area (Å²) in [5, 5.41) is 15.9. The van der Waals surface area contributed by atoms with Gasteiger partial charge in [0.25, 0.3) is 0 Å². The van der Waals surface area contributed by atoms with Crippen LogP contribution in [0.15, 0.2) is 34.9 Å². The number of halogens is 1. The number of hydrogen-bond donors (Lipinski definition) is 0. The molecule has 1 aromatic carbocycles. The van der Waals surface area contributed by atoms with Gasteiger partial charge in [0.15, 0.2) is 0 Å². The predicted octanol–water partition coefficient (Wildman–Crippen LogP) is 3.76. The fourth-order valence-electron chi connectivity index (χ4n) is 2.36. The summed E-state index contributed by atoms with van der Waals surface area (Å²) in [4.78, 5) is 15.0. The van der Waals surface area contributed by atoms with E-state index in [1.54, 1.807) is 30.7 Å². The lowest BCUT2D eigenvalue weighted by molar-refractivity contribution is -0.386. The third-order valence-corrected chi connectivity index (χ3v) is 3.73. The zero-order chi connectivity index (χ0) is 16.6. The molecule has 0 N–H and O–H groups in total. The van der Waals surface area contributed by atoms with Crippen molar-refractivity contribution in [3.63, 3.8) is 0 Å². The Morgan fingerprint density at radius 2 is 2.00 bits per heavy atom. The highest BCUT2D eigenvalue weighted by Crippen LogP contribution is 2.24. The molecule has 0 atom stereocenters. The second-order valence-electron chi connectivity index (χ2n) is 5.09. The number of nitrogens with zero attached hydrogens (tertiary/aromatic N) is 4. The quantitative estimate of drug-likeness (QED) is 0.536. The lowest BCUT2D eigenvalue weighted by atomic mass is 10.2. The van der Waals surface area contributed by atoms with Gasteiger partial charge in [-0.05, 0) is 38.1 Å². The highest BCUT2D eigenvalue weighted by Gasteiger charge is 2.22. The van der Waals surface area contributed by atoms with Crippen LogP contribution in [0.25, 0.3) is 11.5 Å². The summed E-state index contributed by atoms with van der Waals surface area (Å²) in [6.45, 7) is 3.58. The molecule has 0 amide bonds. The normalized spacial score (nSPS) is 10.9. The maximum Gasteiger partial charge on any atom is 0.312 e. The molecule has 0 aliphatic heterocycles. The van der Waals surface area contributed by atoms with Gasteiger partial charge in [-0.15, -0.1) is 0 Å². The molecule has 0 saturated heterocycles. The third kappa shape index (κ3) is 2.95. The van der Waals surface area contributed by atoms with Crippen molar-refractivity contribution in [3.8, 4) is 11.5 Å². The Hall–Kier alpha value is -2.67. The third-order valence-electron chi connectivity index (χ3n) is 3.48. The minimum Gasteiger partial charge on any atom is -0.444 e. The summed E-state index contributed by atoms with van der Waals surface area (Å²) in [5.74, 6) is 0.465. The number of hydrogen-bond acceptors (Lipinski definition) is 5. The standard InChI is InChI=1S/C15H13ClN4O3/c1-9-14(20(21)22)10(2)19(18-9)7-13-8-23-15(17-13)11-3-5-12(16)6-4-11/h3-6,8H,7H2,1-2H3. The first kappa shape index (κ1) is 15.2. The summed E-state index contributed by atoms with van der Waals surface area (Å²) in [7, 11) is 0. The van der Waals surface area contributed by atoms with E-state index < -0.39 is 4.92 Å². The SMILES string of the molecule is Cc1nn(Cc2coc(-c3ccc(Cl)cc3)n2)c(C)c1[N+](=O)[O-]. The Kier molecular flexibility index (Phi) is 3.87. The molecule has 23 heavy (non-hydrogen) atoms. The summed E-state index contributed by atoms with van der Waals surface area (Å²) >= 11 is 5.85. The van der Waals surface area contributed by atoms with Crippen LogP contribution in [0.2, 0.25) is 5.02 Å². The van der Waals surface area contributed by atoms with Crippen LogP contribution in [0.4, 0.5) is 5.69 Å². The topological polar surface area (TPSA) is 87.0 Å². The molecular formula is C15H13ClN4O3. The Morgan fingerprint density at radius 1 is 1.30 bits per heavy atom. The van der Waals surface area contributed by atoms with Crippen LogP contribution >= 0.6 is 11.6 Å². The van der Waals surface area contributed by atoms with Crippen molar-refractivity contribution in [2.24, 2.45) is 0 Å². The second kappa shape index (κ2) is 5.85. The van der Waals surface area contributed by atoms with Crippen molar-refractivity contribution in [2.45, 2.75) is 20.4 Å². The van der Waals surface area contributed by atoms with Gasteiger partial charge in [0.2, 0.25) is 5.89 Å². The van der Waals surface area contributed by atoms with Gasteiger partial charge in [0, 0.05) is 10.6 Å². The van der Waals surface area contributed by atoms with Gasteiger partial charge in [0.1, 0.15) is 23.3 Å². The largest absolute Gasteiger partial charge is 0.444 e. The van der Waals surface area contributed by atoms with Crippen molar-refractivity contribution < 1.29 is 9.34 Å². The first-order valence-electron chi connectivity index (χ1n) is 6.84. The van der Waals surface area contributed by atoms with Crippen molar-refractivity contribution in [1.29, 1.82) is 0 Å². The second-order valence-corrected chi connectivity index (χ2v) is 5.52. The highest BCUT2D eigenvalue weighted by atomic mass is 35.5. The van der Waals surface area contributed by atoms with Gasteiger partial charge in [-0.2, -0.15) is 5.10 Å². The Bertz CT molecular complexity index is 867. The van der Waals surface area contributed by atoms with E-state index >= 15 is 0 Å². The molecule has 118 valence electrons. The minimum absolute atomic E-state index is 0.0337. The fourth-order valence-corrected chi connectivity index (χ4v) is 2.49. The molecule has 8 heteroatoms. The average molecular weight is 333 g/mol. The molecule has 0 bridgehead atoms. The zero-order valence-corrected chi connectivity index (χ0v) is 13.2. The number of aryl methyl sites for hydroxylation is 1. The number of oxazole rings is 1. The number of rotatable bonds is 4. The van der Waals surface area contributed by atoms with Crippen molar-refractivity contribution in [2.75, 3.05) is 0 Å². The molecule has 7 nitrogen and oxygen atoms in total. The fraction of sp³-hybridized carbons (Fsp3) is 0.200. The summed E-state index contributed by atoms with van der Waals surface area (Å²) in [6, 6.07) is 7.13. The molecular weight excluding hydrogens is 320 g/mol. The highest BCUT2D eigenvalue weighted by molar-refractivity contribution is 6.30. The maximum absolute atomic E-state index is 11.0. The number of nitro groups is 1. The Labute approximate surface area is 136 Å². The van der Waals surface area contributed by atoms with E-state index in [1.807, 2.05) is 12.1 Å². The van der Waals surface area contributed by atoms with Crippen molar-refractivity contribution in [1.82, 2.24) is 14.8 Å². The molecule has 0 radical (unpaired) electrons. The van der Waals surface area contributed by atoms with Crippen LogP contribution in [-0.4, -0.2) is 19.7 Å². The molecule has 3 rings (SSSR count). The van der Waals surface area contributed by atoms with E-state index in [0.29, 0.717) is 34.5 Å². The molecule has 0 fully saturated rings. The van der Waals surface area contributed by atoms with Crippen LogP contribution in [0, 0.1) is 24.0 Å². The van der Waals surface area contributed by atoms with Crippen LogP contribution in [-0.2, 0) is 6.54 Å². The van der Waals surface area contributed by atoms with E-state index in [9.17, 15) is 10.1 Å². The first-order chi connectivity index (χ1) is 11.0. The first-order valence-corrected chi connectivity index (χ1v) is 7.22. The zero-order valence-electron chi connectivity index (χ0n) is 12.5. The van der Waals surface area contributed by atoms with Gasteiger partial charge in [-0.3, -0.25) is 14.8 Å². The Morgan fingerprint density at radius 3 is 2.61 bits per heavy atom. The lowest BCUT2D eigenvalue weighted by Gasteiger charge is -1.99. The van der Waals surface area contributed by atoms with Crippen molar-refractivity contribution in [3.05, 3.63) is 62.7 Å². The molecule has 2 heterocycles. The molecule has 0 aliphatic carbocycles. The van der Waals surface area contributed by atoms with E-state index in [4.69, 9.17) is 16.0 Å². The van der Waals surface area contributed by atoms with Gasteiger partial charge >= 0.3 is 5.69 Å². The Balaban J connectivity index is 1.86. The van der Waals surface area contributed by atoms with Crippen LogP contribution < -0.4 is 0 Å². The molecule has 2 aromatic heterocycles. The van der Waals surface area contributed by atoms with Gasteiger partial charge in [-0.25, -0.2) is 4.98 Å². The average Bonchev–Trinajstić information content (AvgIpc) is 3.05. The summed E-state index contributed by atoms with van der Waals surface area (Å²) in [5.41, 5.74) is 2.35. The molecule has 0 saturated carbocycles. The molecule has 0 aliphatic rings. The van der Waals surface area contributed by atoms with Gasteiger partial charge < -0.3 is 4.42 Å². The van der Waals surface area contributed by atoms with Crippen LogP contribution in [0.1, 0.15) is 17.1 Å². The van der Waals surface area contributed by atoms with Gasteiger partial charge in [0.05, 0.1) is 11.5 Å². The number of benzene rings is 1. The minimum atomic E-state index is -0.421. The number of aromatic nitrogens is 3. The predicted molar refractivity (Wildman–Crippen MR) is 84.4 cm³/mol. The molecule has 0 spiro atoms. The molecule has 0 unspecified atom stereocenters. The van der Waals surface area contributed by atoms with E-state index in [-0.39, 0.29) is 5.69 Å². The van der Waals surface area contributed by atoms with Crippen LogP contribution in [0.5, 0.6) is 0 Å². The lowest BCUT2D eigenvalue weighted by Crippen LogP contribution is -2.04. The smallest absolute Gasteiger partial charge is 0.312 e. The maximum atomic E-state index is 11.0. The summed E-state index contributed by atoms with van der Waals surface area (Å²) < 4.78 is 7.01. The monoisotopic (exact) mass is 332 g/mol. The molecule has 3 aromatic rings. The van der Waals surface area contributed by atoms with E-state index in [1.165, 1.54) is 6.26 Å². The van der Waals surface area contributed by atoms with Crippen molar-refractivity contribution >= 4 is 17.3 Å².